The molecule has 0 unspecified atom stereocenters. The molecule has 0 saturated carbocycles. The molecule has 1 fully saturated rings. The second kappa shape index (κ2) is 5.70. The second-order valence-corrected chi connectivity index (χ2v) is 3.68. The molecule has 0 spiro atoms. The fourth-order valence-corrected chi connectivity index (χ4v) is 1.87. The summed E-state index contributed by atoms with van der Waals surface area (Å²) in [6.07, 6.45) is 1.11. The second-order valence-electron chi connectivity index (χ2n) is 1.36. The van der Waals surface area contributed by atoms with Gasteiger partial charge in [0, 0.05) is 24.3 Å². The topological polar surface area (TPSA) is 30.5 Å². The number of rotatable bonds is 0. The quantitative estimate of drug-likeness (QED) is 0.457. The highest BCUT2D eigenvalue weighted by molar-refractivity contribution is 8.10. The van der Waals surface area contributed by atoms with E-state index in [0.29, 0.717) is 0 Å². The molecule has 0 aromatic rings. The van der Waals surface area contributed by atoms with Crippen molar-refractivity contribution in [2.24, 2.45) is 0 Å². The van der Waals surface area contributed by atoms with Crippen molar-refractivity contribution in [3.8, 4) is 0 Å². The molecule has 0 aromatic heterocycles. The Bertz CT molecular complexity index is 45.5. The van der Waals surface area contributed by atoms with Crippen LogP contribution in [-0.4, -0.2) is 12.3 Å². The van der Waals surface area contributed by atoms with Crippen LogP contribution < -0.4 is 4.72 Å². The van der Waals surface area contributed by atoms with Gasteiger partial charge in [-0.05, 0) is 6.42 Å². The molecule has 54 valence electrons. The summed E-state index contributed by atoms with van der Waals surface area (Å²) in [5.74, 6) is 1.02. The fourth-order valence-electron chi connectivity index (χ4n) is 0.348. The van der Waals surface area contributed by atoms with Crippen molar-refractivity contribution in [2.45, 2.75) is 6.42 Å². The smallest absolute Gasteiger partial charge is 0.185 e. The molecular weight excluding hydrogens is 178 g/mol. The Labute approximate surface area is 67.6 Å². The third-order valence-electron chi connectivity index (χ3n) is 0.703. The molecule has 1 aliphatic heterocycles. The van der Waals surface area contributed by atoms with E-state index in [1.54, 1.807) is 0 Å². The van der Waals surface area contributed by atoms with Crippen LogP contribution in [0.1, 0.15) is 6.42 Å². The van der Waals surface area contributed by atoms with Crippen molar-refractivity contribution < 1.29 is 7.26 Å². The first kappa shape index (κ1) is 8.03. The number of hydrogen-bond acceptors (Lipinski definition) is 6. The van der Waals surface area contributed by atoms with E-state index in [0.717, 1.165) is 31.0 Å². The maximum absolute atomic E-state index is 4.90. The van der Waals surface area contributed by atoms with Gasteiger partial charge in [-0.15, -0.1) is 0 Å². The maximum atomic E-state index is 4.90. The van der Waals surface area contributed by atoms with Crippen molar-refractivity contribution in [2.75, 3.05) is 12.3 Å². The first-order valence-corrected chi connectivity index (χ1v) is 4.83. The van der Waals surface area contributed by atoms with Gasteiger partial charge in [0.2, 0.25) is 0 Å². The average Bonchev–Trinajstić information content (AvgIpc) is 2.00. The molecule has 0 amide bonds. The van der Waals surface area contributed by atoms with Gasteiger partial charge in [0.15, 0.2) is 12.3 Å². The molecule has 6 heteroatoms. The first-order valence-electron chi connectivity index (χ1n) is 2.51. The van der Waals surface area contributed by atoms with Gasteiger partial charge in [-0.2, -0.15) is 0 Å². The number of nitrogens with one attached hydrogen (secondary N) is 1. The minimum absolute atomic E-state index is 0.974. The van der Waals surface area contributed by atoms with E-state index in [1.165, 1.54) is 24.3 Å². The summed E-state index contributed by atoms with van der Waals surface area (Å²) < 4.78 is 12.7. The van der Waals surface area contributed by atoms with E-state index >= 15 is 0 Å². The van der Waals surface area contributed by atoms with E-state index < -0.39 is 0 Å². The number of hydrogen-bond donors (Lipinski definition) is 1. The van der Waals surface area contributed by atoms with Gasteiger partial charge in [0.05, 0.1) is 12.2 Å². The largest absolute Gasteiger partial charge is 0.239 e. The normalized spacial score (nSPS) is 24.0. The standard InChI is InChI=1S/C3H7NO2S3/c1-2-4-8-6-9-5-7-3-1/h4H,1-3H2. The molecular formula is C3H7NO2S3. The SMILES string of the molecule is C1CNSOSOSC1. The van der Waals surface area contributed by atoms with Crippen LogP contribution in [0.2, 0.25) is 0 Å². The Morgan fingerprint density at radius 3 is 3.33 bits per heavy atom. The van der Waals surface area contributed by atoms with Gasteiger partial charge in [-0.3, -0.25) is 0 Å². The van der Waals surface area contributed by atoms with Gasteiger partial charge < -0.3 is 0 Å². The van der Waals surface area contributed by atoms with Gasteiger partial charge in [0.1, 0.15) is 0 Å². The van der Waals surface area contributed by atoms with Gasteiger partial charge in [0.25, 0.3) is 0 Å². The summed E-state index contributed by atoms with van der Waals surface area (Å²) in [6.45, 7) is 0.974. The zero-order valence-corrected chi connectivity index (χ0v) is 7.11. The molecule has 1 rings (SSSR count). The van der Waals surface area contributed by atoms with Crippen molar-refractivity contribution in [1.82, 2.24) is 4.72 Å². The Morgan fingerprint density at radius 1 is 1.33 bits per heavy atom. The summed E-state index contributed by atoms with van der Waals surface area (Å²) in [7, 11) is 0. The lowest BCUT2D eigenvalue weighted by Gasteiger charge is -1.94. The molecule has 0 bridgehead atoms. The monoisotopic (exact) mass is 185 g/mol. The van der Waals surface area contributed by atoms with Crippen molar-refractivity contribution in [3.63, 3.8) is 0 Å². The van der Waals surface area contributed by atoms with Crippen LogP contribution in [0.15, 0.2) is 0 Å². The van der Waals surface area contributed by atoms with Gasteiger partial charge in [-0.25, -0.2) is 12.0 Å². The summed E-state index contributed by atoms with van der Waals surface area (Å²) in [5.41, 5.74) is 0. The summed E-state index contributed by atoms with van der Waals surface area (Å²) in [6, 6.07) is 0. The third kappa shape index (κ3) is 4.35. The molecule has 0 aliphatic carbocycles. The Morgan fingerprint density at radius 2 is 2.33 bits per heavy atom. The summed E-state index contributed by atoms with van der Waals surface area (Å²) in [5, 5.41) is 0. The fraction of sp³-hybridized carbons (Fsp3) is 1.00. The molecule has 0 atom stereocenters. The van der Waals surface area contributed by atoms with Crippen LogP contribution >= 0.6 is 36.6 Å². The predicted octanol–water partition coefficient (Wildman–Crippen LogP) is 1.79. The Balaban J connectivity index is 2.02. The molecule has 0 aromatic carbocycles. The highest BCUT2D eigenvalue weighted by Gasteiger charge is 1.97. The molecule has 1 heterocycles. The minimum atomic E-state index is 0.974. The minimum Gasteiger partial charge on any atom is -0.239 e. The van der Waals surface area contributed by atoms with E-state index in [1.807, 2.05) is 0 Å². The van der Waals surface area contributed by atoms with Gasteiger partial charge in [-0.1, -0.05) is 0 Å². The van der Waals surface area contributed by atoms with Crippen molar-refractivity contribution in [1.29, 1.82) is 0 Å². The van der Waals surface area contributed by atoms with E-state index in [-0.39, 0.29) is 0 Å². The molecule has 9 heavy (non-hydrogen) atoms. The Kier molecular flexibility index (Phi) is 5.08. The van der Waals surface area contributed by atoms with E-state index in [2.05, 4.69) is 4.72 Å². The first-order chi connectivity index (χ1) is 4.50. The van der Waals surface area contributed by atoms with E-state index in [9.17, 15) is 0 Å². The summed E-state index contributed by atoms with van der Waals surface area (Å²) >= 11 is 3.65. The lowest BCUT2D eigenvalue weighted by atomic mass is 10.5. The van der Waals surface area contributed by atoms with Crippen molar-refractivity contribution in [3.05, 3.63) is 0 Å². The van der Waals surface area contributed by atoms with Crippen LogP contribution in [0.25, 0.3) is 0 Å². The lowest BCUT2D eigenvalue weighted by Crippen LogP contribution is -2.04. The molecule has 1 saturated heterocycles. The van der Waals surface area contributed by atoms with E-state index in [4.69, 9.17) is 7.26 Å². The molecule has 0 radical (unpaired) electrons. The molecule has 1 aliphatic rings. The highest BCUT2D eigenvalue weighted by atomic mass is 32.3. The highest BCUT2D eigenvalue weighted by Crippen LogP contribution is 2.21. The van der Waals surface area contributed by atoms with Crippen LogP contribution in [0.3, 0.4) is 0 Å². The predicted molar refractivity (Wildman–Crippen MR) is 42.4 cm³/mol. The lowest BCUT2D eigenvalue weighted by molar-refractivity contribution is 0.638. The molecule has 3 nitrogen and oxygen atoms in total. The average molecular weight is 185 g/mol. The van der Waals surface area contributed by atoms with Crippen LogP contribution in [0.4, 0.5) is 0 Å². The molecule has 1 N–H and O–H groups in total. The Hall–Kier alpha value is 0.930. The zero-order chi connectivity index (χ0) is 6.36. The summed E-state index contributed by atoms with van der Waals surface area (Å²) in [4.78, 5) is 0. The van der Waals surface area contributed by atoms with Crippen molar-refractivity contribution >= 4 is 36.6 Å². The van der Waals surface area contributed by atoms with Crippen LogP contribution in [-0.2, 0) is 7.26 Å². The van der Waals surface area contributed by atoms with Crippen LogP contribution in [0, 0.1) is 0 Å². The van der Waals surface area contributed by atoms with Crippen LogP contribution in [0.5, 0.6) is 0 Å². The van der Waals surface area contributed by atoms with Gasteiger partial charge >= 0.3 is 0 Å². The maximum Gasteiger partial charge on any atom is 0.185 e. The zero-order valence-electron chi connectivity index (χ0n) is 4.66. The third-order valence-corrected chi connectivity index (χ3v) is 2.58.